The molecule has 1 aromatic heterocycles. The van der Waals surface area contributed by atoms with Crippen LogP contribution in [-0.4, -0.2) is 15.7 Å². The number of aryl methyl sites for hydroxylation is 2. The summed E-state index contributed by atoms with van der Waals surface area (Å²) in [4.78, 5) is 11.4. The SMILES string of the molecule is CCCn1nc(C)c2c1C(=O)NC2. The molecule has 0 radical (unpaired) electrons. The van der Waals surface area contributed by atoms with Gasteiger partial charge in [0.25, 0.3) is 5.91 Å². The van der Waals surface area contributed by atoms with Gasteiger partial charge < -0.3 is 5.32 Å². The van der Waals surface area contributed by atoms with Crippen LogP contribution in [0.4, 0.5) is 0 Å². The van der Waals surface area contributed by atoms with Crippen LogP contribution < -0.4 is 5.32 Å². The van der Waals surface area contributed by atoms with Gasteiger partial charge in [0, 0.05) is 18.7 Å². The average Bonchev–Trinajstić information content (AvgIpc) is 2.58. The fourth-order valence-corrected chi connectivity index (χ4v) is 1.71. The van der Waals surface area contributed by atoms with E-state index in [4.69, 9.17) is 0 Å². The molecule has 4 heteroatoms. The summed E-state index contributed by atoms with van der Waals surface area (Å²) in [6.07, 6.45) is 1.00. The first kappa shape index (κ1) is 8.29. The van der Waals surface area contributed by atoms with Gasteiger partial charge in [0.2, 0.25) is 0 Å². The molecule has 70 valence electrons. The van der Waals surface area contributed by atoms with E-state index < -0.39 is 0 Å². The number of fused-ring (bicyclic) bond motifs is 1. The zero-order valence-corrected chi connectivity index (χ0v) is 7.92. The molecule has 0 aromatic carbocycles. The molecule has 2 heterocycles. The van der Waals surface area contributed by atoms with Crippen molar-refractivity contribution in [2.24, 2.45) is 0 Å². The summed E-state index contributed by atoms with van der Waals surface area (Å²) in [5, 5.41) is 7.13. The summed E-state index contributed by atoms with van der Waals surface area (Å²) in [7, 11) is 0. The van der Waals surface area contributed by atoms with E-state index in [0.29, 0.717) is 6.54 Å². The van der Waals surface area contributed by atoms with Gasteiger partial charge in [-0.2, -0.15) is 5.10 Å². The number of carbonyl (C=O) groups excluding carboxylic acids is 1. The Hall–Kier alpha value is -1.32. The number of amides is 1. The van der Waals surface area contributed by atoms with E-state index in [2.05, 4.69) is 17.3 Å². The van der Waals surface area contributed by atoms with Crippen molar-refractivity contribution in [3.05, 3.63) is 17.0 Å². The second kappa shape index (κ2) is 2.87. The van der Waals surface area contributed by atoms with Gasteiger partial charge in [-0.15, -0.1) is 0 Å². The first-order valence-corrected chi connectivity index (χ1v) is 4.58. The normalized spacial score (nSPS) is 14.5. The lowest BCUT2D eigenvalue weighted by Crippen LogP contribution is -2.18. The maximum absolute atomic E-state index is 11.4. The third kappa shape index (κ3) is 1.13. The van der Waals surface area contributed by atoms with Crippen molar-refractivity contribution in [1.82, 2.24) is 15.1 Å². The number of carbonyl (C=O) groups is 1. The third-order valence-corrected chi connectivity index (χ3v) is 2.33. The van der Waals surface area contributed by atoms with E-state index in [9.17, 15) is 4.79 Å². The van der Waals surface area contributed by atoms with Gasteiger partial charge in [0.15, 0.2) is 0 Å². The van der Waals surface area contributed by atoms with Crippen LogP contribution in [0.25, 0.3) is 0 Å². The Labute approximate surface area is 76.9 Å². The molecule has 0 saturated heterocycles. The molecule has 2 rings (SSSR count). The molecule has 1 N–H and O–H groups in total. The zero-order chi connectivity index (χ0) is 9.42. The van der Waals surface area contributed by atoms with E-state index in [-0.39, 0.29) is 5.91 Å². The van der Waals surface area contributed by atoms with Crippen molar-refractivity contribution in [2.75, 3.05) is 0 Å². The minimum absolute atomic E-state index is 0.0176. The van der Waals surface area contributed by atoms with Gasteiger partial charge in [-0.1, -0.05) is 6.92 Å². The van der Waals surface area contributed by atoms with Crippen LogP contribution in [0.15, 0.2) is 0 Å². The van der Waals surface area contributed by atoms with Crippen LogP contribution >= 0.6 is 0 Å². The first-order valence-electron chi connectivity index (χ1n) is 4.58. The smallest absolute Gasteiger partial charge is 0.270 e. The highest BCUT2D eigenvalue weighted by Crippen LogP contribution is 2.18. The van der Waals surface area contributed by atoms with Gasteiger partial charge >= 0.3 is 0 Å². The Morgan fingerprint density at radius 2 is 2.38 bits per heavy atom. The van der Waals surface area contributed by atoms with Crippen LogP contribution in [-0.2, 0) is 13.1 Å². The van der Waals surface area contributed by atoms with E-state index in [1.165, 1.54) is 0 Å². The predicted molar refractivity (Wildman–Crippen MR) is 48.4 cm³/mol. The van der Waals surface area contributed by atoms with Crippen molar-refractivity contribution in [1.29, 1.82) is 0 Å². The second-order valence-electron chi connectivity index (χ2n) is 3.32. The summed E-state index contributed by atoms with van der Waals surface area (Å²) in [5.74, 6) is 0.0176. The molecule has 1 aliphatic rings. The average molecular weight is 179 g/mol. The molecule has 0 unspecified atom stereocenters. The molecule has 0 saturated carbocycles. The predicted octanol–water partition coefficient (Wildman–Crippen LogP) is 0.845. The summed E-state index contributed by atoms with van der Waals surface area (Å²) in [5.41, 5.74) is 2.81. The maximum atomic E-state index is 11.4. The molecule has 1 aromatic rings. The molecule has 1 amide bonds. The third-order valence-electron chi connectivity index (χ3n) is 2.33. The minimum atomic E-state index is 0.0176. The van der Waals surface area contributed by atoms with Crippen LogP contribution in [0.2, 0.25) is 0 Å². The van der Waals surface area contributed by atoms with E-state index >= 15 is 0 Å². The topological polar surface area (TPSA) is 46.9 Å². The van der Waals surface area contributed by atoms with Gasteiger partial charge in [-0.25, -0.2) is 0 Å². The summed E-state index contributed by atoms with van der Waals surface area (Å²) < 4.78 is 1.81. The summed E-state index contributed by atoms with van der Waals surface area (Å²) in [6.45, 7) is 5.49. The van der Waals surface area contributed by atoms with Crippen molar-refractivity contribution >= 4 is 5.91 Å². The number of nitrogens with zero attached hydrogens (tertiary/aromatic N) is 2. The lowest BCUT2D eigenvalue weighted by molar-refractivity contribution is 0.0955. The molecule has 0 atom stereocenters. The fraction of sp³-hybridized carbons (Fsp3) is 0.556. The molecule has 0 bridgehead atoms. The number of hydrogen-bond donors (Lipinski definition) is 1. The Morgan fingerprint density at radius 1 is 1.62 bits per heavy atom. The molecular weight excluding hydrogens is 166 g/mol. The van der Waals surface area contributed by atoms with Crippen LogP contribution in [0.3, 0.4) is 0 Å². The Bertz CT molecular complexity index is 354. The maximum Gasteiger partial charge on any atom is 0.270 e. The highest BCUT2D eigenvalue weighted by molar-refractivity contribution is 5.96. The minimum Gasteiger partial charge on any atom is -0.346 e. The number of rotatable bonds is 2. The quantitative estimate of drug-likeness (QED) is 0.731. The molecule has 1 aliphatic heterocycles. The van der Waals surface area contributed by atoms with Crippen molar-refractivity contribution in [3.63, 3.8) is 0 Å². The summed E-state index contributed by atoms with van der Waals surface area (Å²) >= 11 is 0. The molecule has 0 fully saturated rings. The highest BCUT2D eigenvalue weighted by atomic mass is 16.2. The van der Waals surface area contributed by atoms with Crippen LogP contribution in [0.5, 0.6) is 0 Å². The van der Waals surface area contributed by atoms with Crippen molar-refractivity contribution in [3.8, 4) is 0 Å². The molecular formula is C9H13N3O. The number of hydrogen-bond acceptors (Lipinski definition) is 2. The standard InChI is InChI=1S/C9H13N3O/c1-3-4-12-8-7(6(2)11-12)5-10-9(8)13/h3-5H2,1-2H3,(H,10,13). The van der Waals surface area contributed by atoms with Gasteiger partial charge in [0.1, 0.15) is 5.69 Å². The lowest BCUT2D eigenvalue weighted by Gasteiger charge is -2.00. The zero-order valence-electron chi connectivity index (χ0n) is 7.92. The fourth-order valence-electron chi connectivity index (χ4n) is 1.71. The van der Waals surface area contributed by atoms with Crippen LogP contribution in [0, 0.1) is 6.92 Å². The van der Waals surface area contributed by atoms with Crippen molar-refractivity contribution < 1.29 is 4.79 Å². The van der Waals surface area contributed by atoms with Crippen LogP contribution in [0.1, 0.15) is 35.1 Å². The molecule has 13 heavy (non-hydrogen) atoms. The van der Waals surface area contributed by atoms with E-state index in [1.807, 2.05) is 11.6 Å². The number of nitrogens with one attached hydrogen (secondary N) is 1. The van der Waals surface area contributed by atoms with Gasteiger partial charge in [0.05, 0.1) is 5.69 Å². The van der Waals surface area contributed by atoms with E-state index in [0.717, 1.165) is 29.9 Å². The Balaban J connectivity index is 2.48. The van der Waals surface area contributed by atoms with Gasteiger partial charge in [-0.3, -0.25) is 9.48 Å². The van der Waals surface area contributed by atoms with Gasteiger partial charge in [-0.05, 0) is 13.3 Å². The Kier molecular flexibility index (Phi) is 1.83. The van der Waals surface area contributed by atoms with Crippen molar-refractivity contribution in [2.45, 2.75) is 33.4 Å². The Morgan fingerprint density at radius 3 is 3.08 bits per heavy atom. The monoisotopic (exact) mass is 179 g/mol. The second-order valence-corrected chi connectivity index (χ2v) is 3.32. The number of aromatic nitrogens is 2. The molecule has 4 nitrogen and oxygen atoms in total. The molecule has 0 aliphatic carbocycles. The van der Waals surface area contributed by atoms with E-state index in [1.54, 1.807) is 0 Å². The lowest BCUT2D eigenvalue weighted by atomic mass is 10.2. The first-order chi connectivity index (χ1) is 6.24. The highest BCUT2D eigenvalue weighted by Gasteiger charge is 2.26. The largest absolute Gasteiger partial charge is 0.346 e. The summed E-state index contributed by atoms with van der Waals surface area (Å²) in [6, 6.07) is 0. The molecule has 0 spiro atoms.